The van der Waals surface area contributed by atoms with Gasteiger partial charge in [-0.05, 0) is 44.9 Å². The van der Waals surface area contributed by atoms with E-state index in [1.54, 1.807) is 0 Å². The van der Waals surface area contributed by atoms with Gasteiger partial charge >= 0.3 is 0 Å². The summed E-state index contributed by atoms with van der Waals surface area (Å²) >= 11 is 0. The van der Waals surface area contributed by atoms with Crippen LogP contribution in [0.25, 0.3) is 11.5 Å². The van der Waals surface area contributed by atoms with E-state index < -0.39 is 0 Å². The predicted molar refractivity (Wildman–Crippen MR) is 103 cm³/mol. The minimum absolute atomic E-state index is 0. The summed E-state index contributed by atoms with van der Waals surface area (Å²) in [4.78, 5) is 6.93. The Kier molecular flexibility index (Phi) is 6.51. The highest BCUT2D eigenvalue weighted by molar-refractivity contribution is 5.85. The molecule has 1 N–H and O–H groups in total. The Morgan fingerprint density at radius 3 is 2.81 bits per heavy atom. The van der Waals surface area contributed by atoms with Crippen molar-refractivity contribution in [2.75, 3.05) is 26.7 Å². The summed E-state index contributed by atoms with van der Waals surface area (Å²) in [5, 5.41) is 7.62. The number of likely N-dealkylation sites (N-methyl/N-ethyl adjacent to an activating group) is 1. The highest BCUT2D eigenvalue weighted by Crippen LogP contribution is 2.32. The number of para-hydroxylation sites is 1. The van der Waals surface area contributed by atoms with Crippen LogP contribution >= 0.6 is 12.4 Å². The van der Waals surface area contributed by atoms with Crippen molar-refractivity contribution in [1.29, 1.82) is 0 Å². The lowest BCUT2D eigenvalue weighted by Crippen LogP contribution is -2.44. The highest BCUT2D eigenvalue weighted by atomic mass is 35.5. The van der Waals surface area contributed by atoms with Crippen LogP contribution in [-0.4, -0.2) is 47.8 Å². The van der Waals surface area contributed by atoms with Crippen molar-refractivity contribution in [1.82, 2.24) is 20.4 Å². The van der Waals surface area contributed by atoms with Crippen molar-refractivity contribution in [3.8, 4) is 17.2 Å². The Morgan fingerprint density at radius 2 is 2.00 bits per heavy atom. The van der Waals surface area contributed by atoms with Gasteiger partial charge in [-0.25, -0.2) is 0 Å². The standard InChI is InChI=1S/C19H26N4O2.ClH/c1-23-12-11-20-13-16(23)18-21-19(25-22-18)15-9-5-6-10-17(15)24-14-7-3-2-4-8-14;/h5-6,9-10,14,16,20H,2-4,7-8,11-13H2,1H3;1H. The molecule has 0 spiro atoms. The summed E-state index contributed by atoms with van der Waals surface area (Å²) in [7, 11) is 2.10. The third-order valence-electron chi connectivity index (χ3n) is 5.21. The molecule has 7 heteroatoms. The van der Waals surface area contributed by atoms with Gasteiger partial charge in [-0.15, -0.1) is 12.4 Å². The van der Waals surface area contributed by atoms with Crippen LogP contribution < -0.4 is 10.1 Å². The molecule has 1 aliphatic heterocycles. The zero-order chi connectivity index (χ0) is 17.1. The minimum atomic E-state index is 0. The molecular weight excluding hydrogens is 352 g/mol. The molecule has 26 heavy (non-hydrogen) atoms. The number of nitrogens with one attached hydrogen (secondary N) is 1. The van der Waals surface area contributed by atoms with Crippen molar-refractivity contribution in [2.45, 2.75) is 44.2 Å². The lowest BCUT2D eigenvalue weighted by molar-refractivity contribution is 0.155. The fourth-order valence-electron chi connectivity index (χ4n) is 3.68. The smallest absolute Gasteiger partial charge is 0.261 e. The Labute approximate surface area is 160 Å². The number of halogens is 1. The number of hydrogen-bond acceptors (Lipinski definition) is 6. The van der Waals surface area contributed by atoms with E-state index in [0.29, 0.717) is 12.0 Å². The van der Waals surface area contributed by atoms with Crippen LogP contribution in [0.15, 0.2) is 28.8 Å². The molecule has 1 atom stereocenters. The average Bonchev–Trinajstić information content (AvgIpc) is 3.13. The van der Waals surface area contributed by atoms with Crippen LogP contribution in [0, 0.1) is 0 Å². The van der Waals surface area contributed by atoms with Gasteiger partial charge in [0.2, 0.25) is 0 Å². The number of nitrogens with zero attached hydrogens (tertiary/aromatic N) is 3. The third-order valence-corrected chi connectivity index (χ3v) is 5.21. The first-order valence-corrected chi connectivity index (χ1v) is 9.32. The first-order chi connectivity index (χ1) is 12.3. The molecule has 1 aliphatic carbocycles. The molecule has 0 amide bonds. The summed E-state index contributed by atoms with van der Waals surface area (Å²) in [6, 6.07) is 8.14. The van der Waals surface area contributed by atoms with Crippen LogP contribution in [0.3, 0.4) is 0 Å². The first kappa shape index (κ1) is 19.1. The van der Waals surface area contributed by atoms with Crippen LogP contribution in [0.1, 0.15) is 44.0 Å². The van der Waals surface area contributed by atoms with Crippen LogP contribution in [0.5, 0.6) is 5.75 Å². The van der Waals surface area contributed by atoms with Gasteiger partial charge in [0.05, 0.1) is 17.7 Å². The molecule has 2 fully saturated rings. The molecule has 2 aromatic rings. The average molecular weight is 379 g/mol. The zero-order valence-corrected chi connectivity index (χ0v) is 16.0. The molecule has 0 radical (unpaired) electrons. The maximum atomic E-state index is 6.27. The Bertz CT molecular complexity index is 702. The molecule has 1 aromatic carbocycles. The van der Waals surface area contributed by atoms with Crippen LogP contribution in [-0.2, 0) is 0 Å². The number of rotatable bonds is 4. The Balaban J connectivity index is 0.00000196. The maximum absolute atomic E-state index is 6.27. The van der Waals surface area contributed by atoms with E-state index in [-0.39, 0.29) is 18.4 Å². The maximum Gasteiger partial charge on any atom is 0.261 e. The van der Waals surface area contributed by atoms with Crippen LogP contribution in [0.4, 0.5) is 0 Å². The Morgan fingerprint density at radius 1 is 1.19 bits per heavy atom. The third kappa shape index (κ3) is 4.19. The summed E-state index contributed by atoms with van der Waals surface area (Å²) in [6.07, 6.45) is 6.37. The van der Waals surface area contributed by atoms with E-state index in [9.17, 15) is 0 Å². The van der Waals surface area contributed by atoms with E-state index in [2.05, 4.69) is 27.4 Å². The quantitative estimate of drug-likeness (QED) is 0.879. The van der Waals surface area contributed by atoms with Gasteiger partial charge in [0.25, 0.3) is 5.89 Å². The van der Waals surface area contributed by atoms with Crippen LogP contribution in [0.2, 0.25) is 0 Å². The fraction of sp³-hybridized carbons (Fsp3) is 0.579. The van der Waals surface area contributed by atoms with Crippen molar-refractivity contribution in [3.05, 3.63) is 30.1 Å². The highest BCUT2D eigenvalue weighted by Gasteiger charge is 2.26. The molecule has 142 valence electrons. The lowest BCUT2D eigenvalue weighted by Gasteiger charge is -2.30. The summed E-state index contributed by atoms with van der Waals surface area (Å²) in [6.45, 7) is 2.82. The van der Waals surface area contributed by atoms with Gasteiger partial charge in [0, 0.05) is 19.6 Å². The fourth-order valence-corrected chi connectivity index (χ4v) is 3.68. The van der Waals surface area contributed by atoms with Gasteiger partial charge in [-0.3, -0.25) is 4.90 Å². The summed E-state index contributed by atoms with van der Waals surface area (Å²) in [5.41, 5.74) is 0.887. The second-order valence-electron chi connectivity index (χ2n) is 7.03. The molecule has 6 nitrogen and oxygen atoms in total. The number of ether oxygens (including phenoxy) is 1. The van der Waals surface area contributed by atoms with Gasteiger partial charge in [-0.2, -0.15) is 4.98 Å². The van der Waals surface area contributed by atoms with E-state index in [1.807, 2.05) is 24.3 Å². The molecule has 2 heterocycles. The molecule has 1 unspecified atom stereocenters. The number of benzene rings is 1. The first-order valence-electron chi connectivity index (χ1n) is 9.32. The lowest BCUT2D eigenvalue weighted by atomic mass is 9.97. The van der Waals surface area contributed by atoms with Crippen molar-refractivity contribution in [3.63, 3.8) is 0 Å². The van der Waals surface area contributed by atoms with E-state index >= 15 is 0 Å². The molecular formula is C19H27ClN4O2. The second-order valence-corrected chi connectivity index (χ2v) is 7.03. The van der Waals surface area contributed by atoms with Gasteiger partial charge in [-0.1, -0.05) is 23.7 Å². The monoisotopic (exact) mass is 378 g/mol. The number of hydrogen-bond donors (Lipinski definition) is 1. The van der Waals surface area contributed by atoms with Gasteiger partial charge in [0.1, 0.15) is 5.75 Å². The predicted octanol–water partition coefficient (Wildman–Crippen LogP) is 3.45. The van der Waals surface area contributed by atoms with Gasteiger partial charge in [0.15, 0.2) is 5.82 Å². The normalized spacial score (nSPS) is 22.0. The van der Waals surface area contributed by atoms with Crippen molar-refractivity contribution in [2.24, 2.45) is 0 Å². The largest absolute Gasteiger partial charge is 0.490 e. The van der Waals surface area contributed by atoms with Crippen molar-refractivity contribution >= 4 is 12.4 Å². The topological polar surface area (TPSA) is 63.4 Å². The molecule has 1 aromatic heterocycles. The molecule has 2 aliphatic rings. The summed E-state index contributed by atoms with van der Waals surface area (Å²) < 4.78 is 11.9. The Hall–Kier alpha value is -1.63. The van der Waals surface area contributed by atoms with E-state index in [1.165, 1.54) is 19.3 Å². The SMILES string of the molecule is CN1CCNCC1c1noc(-c2ccccc2OC2CCCCC2)n1.Cl. The number of aromatic nitrogens is 2. The van der Waals surface area contributed by atoms with E-state index in [0.717, 1.165) is 49.6 Å². The molecule has 4 rings (SSSR count). The van der Waals surface area contributed by atoms with Gasteiger partial charge < -0.3 is 14.6 Å². The molecule has 0 bridgehead atoms. The second kappa shape index (κ2) is 8.84. The molecule has 1 saturated carbocycles. The molecule has 1 saturated heterocycles. The minimum Gasteiger partial charge on any atom is -0.490 e. The summed E-state index contributed by atoms with van der Waals surface area (Å²) in [5.74, 6) is 2.12. The number of piperazine rings is 1. The van der Waals surface area contributed by atoms with E-state index in [4.69, 9.17) is 9.26 Å². The van der Waals surface area contributed by atoms with Crippen molar-refractivity contribution < 1.29 is 9.26 Å². The zero-order valence-electron chi connectivity index (χ0n) is 15.2.